The SMILES string of the molecule is CCOC(=O)c1cccc(Nc2ccnc3c(F)cccc23)c1[N+](=O)[O-]. The van der Waals surface area contributed by atoms with E-state index in [4.69, 9.17) is 4.74 Å². The topological polar surface area (TPSA) is 94.4 Å². The molecule has 1 heterocycles. The maximum atomic E-state index is 13.9. The zero-order valence-corrected chi connectivity index (χ0v) is 13.7. The van der Waals surface area contributed by atoms with Crippen LogP contribution in [-0.2, 0) is 4.74 Å². The Hall–Kier alpha value is -3.55. The molecule has 7 nitrogen and oxygen atoms in total. The fraction of sp³-hybridized carbons (Fsp3) is 0.111. The second-order valence-corrected chi connectivity index (χ2v) is 5.30. The van der Waals surface area contributed by atoms with Gasteiger partial charge in [0.15, 0.2) is 0 Å². The number of fused-ring (bicyclic) bond motifs is 1. The molecule has 0 bridgehead atoms. The molecule has 8 heteroatoms. The number of nitro benzene ring substituents is 1. The number of nitro groups is 1. The lowest BCUT2D eigenvalue weighted by Gasteiger charge is -2.12. The third-order valence-corrected chi connectivity index (χ3v) is 3.71. The minimum Gasteiger partial charge on any atom is -0.462 e. The molecule has 26 heavy (non-hydrogen) atoms. The van der Waals surface area contributed by atoms with Crippen LogP contribution >= 0.6 is 0 Å². The number of anilines is 2. The maximum absolute atomic E-state index is 13.9. The first-order valence-electron chi connectivity index (χ1n) is 7.77. The van der Waals surface area contributed by atoms with Gasteiger partial charge in [-0.25, -0.2) is 9.18 Å². The highest BCUT2D eigenvalue weighted by atomic mass is 19.1. The number of halogens is 1. The minimum absolute atomic E-state index is 0.0947. The van der Waals surface area contributed by atoms with Crippen LogP contribution in [0.3, 0.4) is 0 Å². The Labute approximate surface area is 147 Å². The number of ether oxygens (including phenoxy) is 1. The molecule has 0 amide bonds. The van der Waals surface area contributed by atoms with Gasteiger partial charge in [0, 0.05) is 17.3 Å². The highest BCUT2D eigenvalue weighted by Gasteiger charge is 2.25. The molecule has 0 aliphatic carbocycles. The smallest absolute Gasteiger partial charge is 0.345 e. The van der Waals surface area contributed by atoms with E-state index in [1.54, 1.807) is 19.1 Å². The molecule has 0 spiro atoms. The number of para-hydroxylation sites is 2. The molecule has 132 valence electrons. The first-order chi connectivity index (χ1) is 12.5. The largest absolute Gasteiger partial charge is 0.462 e. The van der Waals surface area contributed by atoms with E-state index in [0.29, 0.717) is 11.1 Å². The normalized spacial score (nSPS) is 10.5. The van der Waals surface area contributed by atoms with Gasteiger partial charge in [-0.2, -0.15) is 0 Å². The van der Waals surface area contributed by atoms with Crippen molar-refractivity contribution in [2.24, 2.45) is 0 Å². The van der Waals surface area contributed by atoms with Crippen LogP contribution in [0.15, 0.2) is 48.7 Å². The summed E-state index contributed by atoms with van der Waals surface area (Å²) in [5.41, 5.74) is 0.0938. The van der Waals surface area contributed by atoms with Crippen LogP contribution in [0, 0.1) is 15.9 Å². The van der Waals surface area contributed by atoms with Gasteiger partial charge in [-0.3, -0.25) is 15.1 Å². The lowest BCUT2D eigenvalue weighted by molar-refractivity contribution is -0.384. The number of carbonyl (C=O) groups excluding carboxylic acids is 1. The van der Waals surface area contributed by atoms with E-state index in [1.807, 2.05) is 0 Å². The lowest BCUT2D eigenvalue weighted by Crippen LogP contribution is -2.09. The van der Waals surface area contributed by atoms with Crippen LogP contribution in [0.25, 0.3) is 10.9 Å². The van der Waals surface area contributed by atoms with Gasteiger partial charge in [-0.15, -0.1) is 0 Å². The minimum atomic E-state index is -0.784. The zero-order chi connectivity index (χ0) is 18.7. The predicted octanol–water partition coefficient (Wildman–Crippen LogP) is 4.20. The van der Waals surface area contributed by atoms with E-state index >= 15 is 0 Å². The highest BCUT2D eigenvalue weighted by molar-refractivity contribution is 5.99. The monoisotopic (exact) mass is 355 g/mol. The number of nitrogens with one attached hydrogen (secondary N) is 1. The quantitative estimate of drug-likeness (QED) is 0.419. The zero-order valence-electron chi connectivity index (χ0n) is 13.7. The maximum Gasteiger partial charge on any atom is 0.345 e. The average Bonchev–Trinajstić information content (AvgIpc) is 2.62. The molecule has 2 aromatic carbocycles. The number of pyridine rings is 1. The van der Waals surface area contributed by atoms with E-state index in [9.17, 15) is 19.3 Å². The Kier molecular flexibility index (Phi) is 4.74. The number of esters is 1. The van der Waals surface area contributed by atoms with Gasteiger partial charge in [-0.1, -0.05) is 18.2 Å². The molecule has 3 rings (SSSR count). The molecule has 0 radical (unpaired) electrons. The van der Waals surface area contributed by atoms with Gasteiger partial charge < -0.3 is 10.1 Å². The summed E-state index contributed by atoms with van der Waals surface area (Å²) in [7, 11) is 0. The molecule has 0 unspecified atom stereocenters. The fourth-order valence-corrected chi connectivity index (χ4v) is 2.61. The number of benzene rings is 2. The van der Waals surface area contributed by atoms with Gasteiger partial charge >= 0.3 is 11.7 Å². The van der Waals surface area contributed by atoms with Crippen molar-refractivity contribution in [2.75, 3.05) is 11.9 Å². The molecule has 0 saturated heterocycles. The predicted molar refractivity (Wildman–Crippen MR) is 94.0 cm³/mol. The third-order valence-electron chi connectivity index (χ3n) is 3.71. The van der Waals surface area contributed by atoms with Crippen molar-refractivity contribution in [3.05, 3.63) is 70.2 Å². The van der Waals surface area contributed by atoms with Gasteiger partial charge in [0.25, 0.3) is 0 Å². The molecule has 0 atom stereocenters. The van der Waals surface area contributed by atoms with Crippen LogP contribution in [0.4, 0.5) is 21.5 Å². The van der Waals surface area contributed by atoms with Crippen molar-refractivity contribution < 1.29 is 18.8 Å². The average molecular weight is 355 g/mol. The first kappa shape index (κ1) is 17.3. The van der Waals surface area contributed by atoms with Crippen LogP contribution in [0.2, 0.25) is 0 Å². The number of aromatic nitrogens is 1. The van der Waals surface area contributed by atoms with Gasteiger partial charge in [-0.05, 0) is 31.2 Å². The molecule has 0 aliphatic heterocycles. The number of hydrogen-bond acceptors (Lipinski definition) is 6. The Bertz CT molecular complexity index is 1010. The number of rotatable bonds is 5. The standard InChI is InChI=1S/C18H14FN3O4/c1-2-26-18(23)12-6-4-8-15(17(12)22(24)25)21-14-9-10-20-16-11(14)5-3-7-13(16)19/h3-10H,2H2,1H3,(H,20,21). The number of carbonyl (C=O) groups is 1. The Morgan fingerprint density at radius 2 is 2.00 bits per heavy atom. The van der Waals surface area contributed by atoms with Crippen molar-refractivity contribution >= 4 is 33.9 Å². The van der Waals surface area contributed by atoms with E-state index in [0.717, 1.165) is 0 Å². The van der Waals surface area contributed by atoms with Crippen molar-refractivity contribution in [1.82, 2.24) is 4.98 Å². The van der Waals surface area contributed by atoms with Crippen LogP contribution in [0.5, 0.6) is 0 Å². The van der Waals surface area contributed by atoms with Crippen LogP contribution < -0.4 is 5.32 Å². The van der Waals surface area contributed by atoms with Gasteiger partial charge in [0.2, 0.25) is 0 Å². The summed E-state index contributed by atoms with van der Waals surface area (Å²) in [6, 6.07) is 10.3. The summed E-state index contributed by atoms with van der Waals surface area (Å²) in [6.07, 6.45) is 1.40. The molecule has 1 N–H and O–H groups in total. The number of nitrogens with zero attached hydrogens (tertiary/aromatic N) is 2. The second kappa shape index (κ2) is 7.14. The van der Waals surface area contributed by atoms with E-state index in [1.165, 1.54) is 36.5 Å². The Morgan fingerprint density at radius 3 is 2.73 bits per heavy atom. The third kappa shape index (κ3) is 3.16. The summed E-state index contributed by atoms with van der Waals surface area (Å²) in [4.78, 5) is 26.9. The molecule has 0 saturated carbocycles. The summed E-state index contributed by atoms with van der Waals surface area (Å²) >= 11 is 0. The summed E-state index contributed by atoms with van der Waals surface area (Å²) in [6.45, 7) is 1.71. The van der Waals surface area contributed by atoms with Crippen molar-refractivity contribution in [1.29, 1.82) is 0 Å². The summed E-state index contributed by atoms with van der Waals surface area (Å²) in [5.74, 6) is -1.28. The van der Waals surface area contributed by atoms with Crippen molar-refractivity contribution in [3.8, 4) is 0 Å². The van der Waals surface area contributed by atoms with Crippen molar-refractivity contribution in [3.63, 3.8) is 0 Å². The van der Waals surface area contributed by atoms with Crippen LogP contribution in [0.1, 0.15) is 17.3 Å². The summed E-state index contributed by atoms with van der Waals surface area (Å²) < 4.78 is 18.8. The molecule has 3 aromatic rings. The Balaban J connectivity index is 2.11. The first-order valence-corrected chi connectivity index (χ1v) is 7.77. The van der Waals surface area contributed by atoms with Gasteiger partial charge in [0.1, 0.15) is 22.6 Å². The van der Waals surface area contributed by atoms with E-state index in [-0.39, 0.29) is 23.4 Å². The summed E-state index contributed by atoms with van der Waals surface area (Å²) in [5, 5.41) is 14.9. The van der Waals surface area contributed by atoms with Crippen LogP contribution in [-0.4, -0.2) is 22.5 Å². The molecule has 1 aromatic heterocycles. The molecular weight excluding hydrogens is 341 g/mol. The molecule has 0 aliphatic rings. The molecule has 0 fully saturated rings. The Morgan fingerprint density at radius 1 is 1.23 bits per heavy atom. The highest BCUT2D eigenvalue weighted by Crippen LogP contribution is 2.34. The van der Waals surface area contributed by atoms with Crippen molar-refractivity contribution in [2.45, 2.75) is 6.92 Å². The fourth-order valence-electron chi connectivity index (χ4n) is 2.61. The van der Waals surface area contributed by atoms with E-state index in [2.05, 4.69) is 10.3 Å². The molecular formula is C18H14FN3O4. The number of hydrogen-bond donors (Lipinski definition) is 1. The van der Waals surface area contributed by atoms with E-state index < -0.39 is 22.4 Å². The lowest BCUT2D eigenvalue weighted by atomic mass is 10.1. The van der Waals surface area contributed by atoms with Gasteiger partial charge in [0.05, 0.1) is 11.5 Å². The second-order valence-electron chi connectivity index (χ2n) is 5.30.